The third kappa shape index (κ3) is 2.08. The molecule has 2 N–H and O–H groups in total. The fourth-order valence-electron chi connectivity index (χ4n) is 2.63. The van der Waals surface area contributed by atoms with E-state index < -0.39 is 0 Å². The zero-order chi connectivity index (χ0) is 9.97. The van der Waals surface area contributed by atoms with Crippen molar-refractivity contribution in [1.29, 1.82) is 0 Å². The van der Waals surface area contributed by atoms with Gasteiger partial charge in [0.2, 0.25) is 5.91 Å². The third-order valence-electron chi connectivity index (χ3n) is 3.54. The maximum absolute atomic E-state index is 11.6. The van der Waals surface area contributed by atoms with E-state index in [9.17, 15) is 4.79 Å². The SMILES string of the molecule is N[C@@H]1CCN(CC2CCCCC2)C1=O. The van der Waals surface area contributed by atoms with E-state index >= 15 is 0 Å². The first kappa shape index (κ1) is 9.97. The molecular formula is C11H20N2O. The van der Waals surface area contributed by atoms with Gasteiger partial charge in [-0.2, -0.15) is 0 Å². The normalized spacial score (nSPS) is 29.9. The van der Waals surface area contributed by atoms with Gasteiger partial charge in [-0.05, 0) is 25.2 Å². The topological polar surface area (TPSA) is 46.3 Å². The summed E-state index contributed by atoms with van der Waals surface area (Å²) in [6.45, 7) is 1.85. The third-order valence-corrected chi connectivity index (χ3v) is 3.54. The summed E-state index contributed by atoms with van der Waals surface area (Å²) in [4.78, 5) is 13.6. The predicted molar refractivity (Wildman–Crippen MR) is 55.7 cm³/mol. The van der Waals surface area contributed by atoms with Gasteiger partial charge in [0.15, 0.2) is 0 Å². The quantitative estimate of drug-likeness (QED) is 0.719. The number of hydrogen-bond donors (Lipinski definition) is 1. The Morgan fingerprint density at radius 3 is 2.50 bits per heavy atom. The number of hydrogen-bond acceptors (Lipinski definition) is 2. The molecule has 1 amide bonds. The highest BCUT2D eigenvalue weighted by Gasteiger charge is 2.30. The highest BCUT2D eigenvalue weighted by molar-refractivity contribution is 5.83. The molecule has 1 aliphatic carbocycles. The van der Waals surface area contributed by atoms with E-state index in [4.69, 9.17) is 5.73 Å². The van der Waals surface area contributed by atoms with Crippen LogP contribution in [0, 0.1) is 5.92 Å². The molecule has 0 aromatic carbocycles. The highest BCUT2D eigenvalue weighted by Crippen LogP contribution is 2.25. The van der Waals surface area contributed by atoms with Crippen LogP contribution in [0.4, 0.5) is 0 Å². The van der Waals surface area contributed by atoms with Gasteiger partial charge in [0.05, 0.1) is 6.04 Å². The molecule has 14 heavy (non-hydrogen) atoms. The van der Waals surface area contributed by atoms with Crippen molar-refractivity contribution in [3.8, 4) is 0 Å². The molecule has 0 bridgehead atoms. The lowest BCUT2D eigenvalue weighted by molar-refractivity contribution is -0.129. The van der Waals surface area contributed by atoms with Crippen LogP contribution in [0.3, 0.4) is 0 Å². The Labute approximate surface area is 85.6 Å². The van der Waals surface area contributed by atoms with Crippen LogP contribution in [0.15, 0.2) is 0 Å². The number of likely N-dealkylation sites (tertiary alicyclic amines) is 1. The van der Waals surface area contributed by atoms with Gasteiger partial charge < -0.3 is 10.6 Å². The minimum atomic E-state index is -0.210. The lowest BCUT2D eigenvalue weighted by Gasteiger charge is -2.26. The van der Waals surface area contributed by atoms with Crippen molar-refractivity contribution < 1.29 is 4.79 Å². The van der Waals surface area contributed by atoms with E-state index in [1.54, 1.807) is 0 Å². The lowest BCUT2D eigenvalue weighted by atomic mass is 9.89. The van der Waals surface area contributed by atoms with Crippen LogP contribution in [-0.2, 0) is 4.79 Å². The van der Waals surface area contributed by atoms with Gasteiger partial charge in [-0.3, -0.25) is 4.79 Å². The molecule has 2 aliphatic rings. The van der Waals surface area contributed by atoms with Gasteiger partial charge >= 0.3 is 0 Å². The summed E-state index contributed by atoms with van der Waals surface area (Å²) in [5.74, 6) is 0.925. The largest absolute Gasteiger partial charge is 0.341 e. The molecule has 0 spiro atoms. The molecule has 0 aromatic rings. The number of rotatable bonds is 2. The number of nitrogens with two attached hydrogens (primary N) is 1. The van der Waals surface area contributed by atoms with Crippen molar-refractivity contribution in [3.63, 3.8) is 0 Å². The van der Waals surface area contributed by atoms with E-state index in [1.165, 1.54) is 32.1 Å². The Balaban J connectivity index is 1.82. The average molecular weight is 196 g/mol. The lowest BCUT2D eigenvalue weighted by Crippen LogP contribution is -2.37. The average Bonchev–Trinajstić information content (AvgIpc) is 2.52. The maximum Gasteiger partial charge on any atom is 0.239 e. The smallest absolute Gasteiger partial charge is 0.239 e. The predicted octanol–water partition coefficient (Wildman–Crippen LogP) is 1.13. The minimum Gasteiger partial charge on any atom is -0.341 e. The minimum absolute atomic E-state index is 0.176. The van der Waals surface area contributed by atoms with Crippen LogP contribution >= 0.6 is 0 Å². The molecule has 80 valence electrons. The Morgan fingerprint density at radius 2 is 1.93 bits per heavy atom. The molecule has 0 unspecified atom stereocenters. The molecular weight excluding hydrogens is 176 g/mol. The van der Waals surface area contributed by atoms with Gasteiger partial charge in [-0.1, -0.05) is 19.3 Å². The molecule has 3 nitrogen and oxygen atoms in total. The Hall–Kier alpha value is -0.570. The van der Waals surface area contributed by atoms with Crippen molar-refractivity contribution >= 4 is 5.91 Å². The Kier molecular flexibility index (Phi) is 3.06. The molecule has 1 heterocycles. The van der Waals surface area contributed by atoms with Crippen LogP contribution in [0.1, 0.15) is 38.5 Å². The Morgan fingerprint density at radius 1 is 1.21 bits per heavy atom. The zero-order valence-electron chi connectivity index (χ0n) is 8.74. The van der Waals surface area contributed by atoms with Crippen molar-refractivity contribution in [2.45, 2.75) is 44.6 Å². The van der Waals surface area contributed by atoms with E-state index in [0.29, 0.717) is 0 Å². The number of nitrogens with zero attached hydrogens (tertiary/aromatic N) is 1. The fraction of sp³-hybridized carbons (Fsp3) is 0.909. The first-order valence-corrected chi connectivity index (χ1v) is 5.82. The van der Waals surface area contributed by atoms with E-state index in [2.05, 4.69) is 0 Å². The molecule has 2 rings (SSSR count). The molecule has 3 heteroatoms. The molecule has 1 saturated heterocycles. The van der Waals surface area contributed by atoms with Crippen LogP contribution in [0.5, 0.6) is 0 Å². The molecule has 0 radical (unpaired) electrons. The summed E-state index contributed by atoms with van der Waals surface area (Å²) in [6, 6.07) is -0.210. The standard InChI is InChI=1S/C11H20N2O/c12-10-6-7-13(11(10)14)8-9-4-2-1-3-5-9/h9-10H,1-8,12H2/t10-/m1/s1. The fourth-order valence-corrected chi connectivity index (χ4v) is 2.63. The van der Waals surface area contributed by atoms with E-state index in [0.717, 1.165) is 25.4 Å². The first-order valence-electron chi connectivity index (χ1n) is 5.82. The first-order chi connectivity index (χ1) is 6.77. The number of carbonyl (C=O) groups is 1. The number of amides is 1. The summed E-state index contributed by atoms with van der Waals surface area (Å²) < 4.78 is 0. The van der Waals surface area contributed by atoms with Crippen LogP contribution in [-0.4, -0.2) is 29.9 Å². The molecule has 1 atom stereocenters. The van der Waals surface area contributed by atoms with Gasteiger partial charge in [0, 0.05) is 13.1 Å². The Bertz CT molecular complexity index is 211. The summed E-state index contributed by atoms with van der Waals surface area (Å²) in [5.41, 5.74) is 5.68. The van der Waals surface area contributed by atoms with Crippen LogP contribution in [0.25, 0.3) is 0 Å². The molecule has 1 aliphatic heterocycles. The van der Waals surface area contributed by atoms with Crippen LogP contribution < -0.4 is 5.73 Å². The van der Waals surface area contributed by atoms with Gasteiger partial charge in [-0.15, -0.1) is 0 Å². The van der Waals surface area contributed by atoms with Crippen molar-refractivity contribution in [2.75, 3.05) is 13.1 Å². The summed E-state index contributed by atoms with van der Waals surface area (Å²) >= 11 is 0. The second kappa shape index (κ2) is 4.30. The summed E-state index contributed by atoms with van der Waals surface area (Å²) in [6.07, 6.45) is 7.53. The van der Waals surface area contributed by atoms with Gasteiger partial charge in [-0.25, -0.2) is 0 Å². The highest BCUT2D eigenvalue weighted by atomic mass is 16.2. The van der Waals surface area contributed by atoms with Crippen molar-refractivity contribution in [1.82, 2.24) is 4.90 Å². The zero-order valence-corrected chi connectivity index (χ0v) is 8.74. The second-order valence-corrected chi connectivity index (χ2v) is 4.68. The number of carbonyl (C=O) groups excluding carboxylic acids is 1. The van der Waals surface area contributed by atoms with E-state index in [-0.39, 0.29) is 11.9 Å². The summed E-state index contributed by atoms with van der Waals surface area (Å²) in [5, 5.41) is 0. The molecule has 1 saturated carbocycles. The maximum atomic E-state index is 11.6. The summed E-state index contributed by atoms with van der Waals surface area (Å²) in [7, 11) is 0. The van der Waals surface area contributed by atoms with Crippen molar-refractivity contribution in [3.05, 3.63) is 0 Å². The van der Waals surface area contributed by atoms with Crippen LogP contribution in [0.2, 0.25) is 0 Å². The van der Waals surface area contributed by atoms with Crippen molar-refractivity contribution in [2.24, 2.45) is 11.7 Å². The molecule has 2 fully saturated rings. The second-order valence-electron chi connectivity index (χ2n) is 4.68. The van der Waals surface area contributed by atoms with Gasteiger partial charge in [0.1, 0.15) is 0 Å². The van der Waals surface area contributed by atoms with E-state index in [1.807, 2.05) is 4.90 Å². The monoisotopic (exact) mass is 196 g/mol. The molecule has 0 aromatic heterocycles. The van der Waals surface area contributed by atoms with Gasteiger partial charge in [0.25, 0.3) is 0 Å².